The van der Waals surface area contributed by atoms with Crippen LogP contribution in [-0.4, -0.2) is 58.5 Å². The minimum atomic E-state index is -1.12. The molecule has 0 radical (unpaired) electrons. The third kappa shape index (κ3) is 5.23. The van der Waals surface area contributed by atoms with Gasteiger partial charge in [-0.05, 0) is 54.1 Å². The van der Waals surface area contributed by atoms with Gasteiger partial charge in [0.2, 0.25) is 0 Å². The number of piperidine rings is 2. The van der Waals surface area contributed by atoms with Crippen molar-refractivity contribution in [3.05, 3.63) is 16.9 Å². The summed E-state index contributed by atoms with van der Waals surface area (Å²) in [7, 11) is -1.12. The summed E-state index contributed by atoms with van der Waals surface area (Å²) in [5.41, 5.74) is 1.66. The number of hydrogen-bond acceptors (Lipinski definition) is 5. The normalized spacial score (nSPS) is 23.9. The average molecular weight is 511 g/mol. The number of carbonyl (C=O) groups is 1. The van der Waals surface area contributed by atoms with Crippen LogP contribution < -0.4 is 10.2 Å². The van der Waals surface area contributed by atoms with Crippen molar-refractivity contribution < 1.29 is 14.6 Å². The first kappa shape index (κ1) is 22.5. The Morgan fingerprint density at radius 1 is 1.32 bits per heavy atom. The zero-order valence-corrected chi connectivity index (χ0v) is 21.1. The van der Waals surface area contributed by atoms with Gasteiger partial charge in [-0.3, -0.25) is 0 Å². The van der Waals surface area contributed by atoms with Crippen molar-refractivity contribution in [2.24, 2.45) is 0 Å². The van der Waals surface area contributed by atoms with Gasteiger partial charge in [-0.1, -0.05) is 19.6 Å². The zero-order valence-electron chi connectivity index (χ0n) is 18.5. The summed E-state index contributed by atoms with van der Waals surface area (Å²) in [5, 5.41) is 11.8. The first-order chi connectivity index (χ1) is 14.7. The lowest BCUT2D eigenvalue weighted by atomic mass is 9.82. The molecular formula is C21H32BrN5O3Si. The van der Waals surface area contributed by atoms with Crippen molar-refractivity contribution in [2.45, 2.75) is 82.6 Å². The average Bonchev–Trinajstić information content (AvgIpc) is 2.98. The lowest BCUT2D eigenvalue weighted by molar-refractivity contribution is 0.0898. The number of nitrogens with one attached hydrogen (secondary N) is 1. The van der Waals surface area contributed by atoms with Crippen molar-refractivity contribution in [3.8, 4) is 0 Å². The Kier molecular flexibility index (Phi) is 6.59. The summed E-state index contributed by atoms with van der Waals surface area (Å²) in [6, 6.07) is 1.72. The summed E-state index contributed by atoms with van der Waals surface area (Å²) < 4.78 is 8.90. The van der Waals surface area contributed by atoms with E-state index in [0.717, 1.165) is 59.8 Å². The van der Waals surface area contributed by atoms with Gasteiger partial charge in [0, 0.05) is 39.0 Å². The molecule has 2 atom stereocenters. The summed E-state index contributed by atoms with van der Waals surface area (Å²) in [6.45, 7) is 8.27. The van der Waals surface area contributed by atoms with E-state index in [1.165, 1.54) is 6.42 Å². The number of halogens is 1. The molecule has 0 aliphatic carbocycles. The van der Waals surface area contributed by atoms with Crippen LogP contribution in [0.25, 0.3) is 11.2 Å². The van der Waals surface area contributed by atoms with Gasteiger partial charge >= 0.3 is 6.09 Å². The summed E-state index contributed by atoms with van der Waals surface area (Å²) in [4.78, 5) is 23.2. The van der Waals surface area contributed by atoms with Gasteiger partial charge in [0.15, 0.2) is 5.65 Å². The number of rotatable bonds is 7. The molecule has 2 aromatic rings. The highest BCUT2D eigenvalue weighted by molar-refractivity contribution is 9.10. The molecule has 10 heteroatoms. The molecule has 4 rings (SSSR count). The van der Waals surface area contributed by atoms with Crippen molar-refractivity contribution in [2.75, 3.05) is 11.5 Å². The number of carboxylic acid groups (broad SMARTS) is 1. The Labute approximate surface area is 192 Å². The van der Waals surface area contributed by atoms with Gasteiger partial charge in [-0.25, -0.2) is 14.8 Å². The summed E-state index contributed by atoms with van der Waals surface area (Å²) in [5.74, 6) is 0.880. The fourth-order valence-electron chi connectivity index (χ4n) is 4.81. The van der Waals surface area contributed by atoms with E-state index in [-0.39, 0.29) is 18.1 Å². The van der Waals surface area contributed by atoms with Crippen LogP contribution in [0.15, 0.2) is 16.9 Å². The highest BCUT2D eigenvalue weighted by Gasteiger charge is 2.39. The van der Waals surface area contributed by atoms with Crippen LogP contribution in [0.3, 0.4) is 0 Å². The van der Waals surface area contributed by atoms with E-state index in [2.05, 4.69) is 45.8 Å². The fourth-order valence-corrected chi connectivity index (χ4v) is 6.09. The number of anilines is 1. The predicted molar refractivity (Wildman–Crippen MR) is 127 cm³/mol. The Morgan fingerprint density at radius 2 is 2.03 bits per heavy atom. The molecule has 0 saturated carbocycles. The Morgan fingerprint density at radius 3 is 2.68 bits per heavy atom. The van der Waals surface area contributed by atoms with Crippen LogP contribution in [0.5, 0.6) is 0 Å². The molecule has 2 aliphatic heterocycles. The topological polar surface area (TPSA) is 92.5 Å². The number of aromatic nitrogens is 3. The second kappa shape index (κ2) is 9.07. The van der Waals surface area contributed by atoms with Crippen molar-refractivity contribution in [1.82, 2.24) is 19.9 Å². The zero-order chi connectivity index (χ0) is 22.2. The maximum absolute atomic E-state index is 11.1. The van der Waals surface area contributed by atoms with Crippen molar-refractivity contribution in [1.29, 1.82) is 0 Å². The van der Waals surface area contributed by atoms with Crippen LogP contribution in [0.4, 0.5) is 10.6 Å². The monoisotopic (exact) mass is 509 g/mol. The van der Waals surface area contributed by atoms with Gasteiger partial charge in [0.05, 0.1) is 10.7 Å². The lowest BCUT2D eigenvalue weighted by Crippen LogP contribution is -2.57. The van der Waals surface area contributed by atoms with Crippen LogP contribution in [-0.2, 0) is 11.5 Å². The van der Waals surface area contributed by atoms with Crippen LogP contribution in [0.1, 0.15) is 32.1 Å². The highest BCUT2D eigenvalue weighted by atomic mass is 79.9. The maximum atomic E-state index is 11.1. The van der Waals surface area contributed by atoms with Gasteiger partial charge in [-0.2, -0.15) is 0 Å². The van der Waals surface area contributed by atoms with E-state index in [1.807, 2.05) is 17.0 Å². The predicted octanol–water partition coefficient (Wildman–Crippen LogP) is 4.66. The molecule has 2 aromatic heterocycles. The molecule has 0 aromatic carbocycles. The fraction of sp³-hybridized carbons (Fsp3) is 0.667. The molecule has 2 aliphatic rings. The van der Waals surface area contributed by atoms with Gasteiger partial charge < -0.3 is 24.6 Å². The smallest absolute Gasteiger partial charge is 0.404 e. The highest BCUT2D eigenvalue weighted by Crippen LogP contribution is 2.37. The lowest BCUT2D eigenvalue weighted by Gasteiger charge is -2.49. The molecule has 4 heterocycles. The van der Waals surface area contributed by atoms with E-state index >= 15 is 0 Å². The molecule has 1 amide bonds. The number of hydrogen-bond donors (Lipinski definition) is 2. The van der Waals surface area contributed by atoms with Crippen molar-refractivity contribution >= 4 is 47.1 Å². The molecule has 2 N–H and O–H groups in total. The molecular weight excluding hydrogens is 478 g/mol. The molecule has 2 unspecified atom stereocenters. The standard InChI is InChI=1S/C21H32BrN5O3Si/c1-31(2,3)8-7-30-13-26-12-17(22)19-20(26)25-18(11-23-19)27-15-5-4-6-16(27)10-14(9-15)24-21(28)29/h11-12,14-16,24H,4-10,13H2,1-3H3,(H,28,29). The molecule has 0 spiro atoms. The Balaban J connectivity index is 1.54. The number of nitrogens with zero attached hydrogens (tertiary/aromatic N) is 4. The third-order valence-electron chi connectivity index (χ3n) is 6.30. The van der Waals surface area contributed by atoms with E-state index in [4.69, 9.17) is 19.8 Å². The second-order valence-corrected chi connectivity index (χ2v) is 16.4. The van der Waals surface area contributed by atoms with Crippen LogP contribution >= 0.6 is 15.9 Å². The van der Waals surface area contributed by atoms with E-state index in [1.54, 1.807) is 0 Å². The third-order valence-corrected chi connectivity index (χ3v) is 8.59. The molecule has 2 saturated heterocycles. The Bertz CT molecular complexity index is 933. The number of amides is 1. The van der Waals surface area contributed by atoms with E-state index in [0.29, 0.717) is 6.73 Å². The molecule has 8 nitrogen and oxygen atoms in total. The minimum absolute atomic E-state index is 0.0125. The minimum Gasteiger partial charge on any atom is -0.465 e. The van der Waals surface area contributed by atoms with Crippen LogP contribution in [0, 0.1) is 0 Å². The quantitative estimate of drug-likeness (QED) is 0.416. The molecule has 170 valence electrons. The number of ether oxygens (including phenoxy) is 1. The van der Waals surface area contributed by atoms with Gasteiger partial charge in [0.1, 0.15) is 18.1 Å². The van der Waals surface area contributed by atoms with Gasteiger partial charge in [0.25, 0.3) is 0 Å². The molecule has 2 fully saturated rings. The Hall–Kier alpha value is -1.65. The molecule has 31 heavy (non-hydrogen) atoms. The first-order valence-electron chi connectivity index (χ1n) is 11.1. The second-order valence-electron chi connectivity index (χ2n) is 9.96. The summed E-state index contributed by atoms with van der Waals surface area (Å²) >= 11 is 3.61. The maximum Gasteiger partial charge on any atom is 0.404 e. The van der Waals surface area contributed by atoms with Crippen LogP contribution in [0.2, 0.25) is 25.7 Å². The molecule has 2 bridgehead atoms. The SMILES string of the molecule is C[Si](C)(C)CCOCn1cc(Br)c2ncc(N3C4CCCC3CC(NC(=O)O)C4)nc21. The van der Waals surface area contributed by atoms with Gasteiger partial charge in [-0.15, -0.1) is 0 Å². The first-order valence-corrected chi connectivity index (χ1v) is 15.6. The van der Waals surface area contributed by atoms with E-state index in [9.17, 15) is 4.79 Å². The van der Waals surface area contributed by atoms with E-state index < -0.39 is 14.2 Å². The largest absolute Gasteiger partial charge is 0.465 e. The van der Waals surface area contributed by atoms with Crippen molar-refractivity contribution in [3.63, 3.8) is 0 Å². The summed E-state index contributed by atoms with van der Waals surface area (Å²) in [6.07, 6.45) is 7.83. The number of fused-ring (bicyclic) bond motifs is 3.